The average Bonchev–Trinajstić information content (AvgIpc) is 3.50. The van der Waals surface area contributed by atoms with E-state index in [1.54, 1.807) is 33.8 Å². The number of rotatable bonds is 5. The zero-order valence-electron chi connectivity index (χ0n) is 36.0. The van der Waals surface area contributed by atoms with Crippen molar-refractivity contribution < 1.29 is 73.3 Å². The lowest BCUT2D eigenvalue weighted by Crippen LogP contribution is -2.46. The molecule has 2 amide bonds. The Morgan fingerprint density at radius 1 is 0.921 bits per heavy atom. The van der Waals surface area contributed by atoms with E-state index in [0.29, 0.717) is 0 Å². The van der Waals surface area contributed by atoms with Gasteiger partial charge in [0.05, 0.1) is 40.4 Å². The van der Waals surface area contributed by atoms with Crippen molar-refractivity contribution >= 4 is 51.6 Å². The number of esters is 1. The zero-order chi connectivity index (χ0) is 46.8. The third kappa shape index (κ3) is 9.40. The molecule has 0 aliphatic carbocycles. The molecule has 7 N–H and O–H groups in total. The molecule has 3 aliphatic rings. The van der Waals surface area contributed by atoms with Crippen LogP contribution in [0.4, 0.5) is 21.9 Å². The normalized spacial score (nSPS) is 28.5. The molecule has 6 rings (SSSR count). The number of hydrogen-bond donors (Lipinski definition) is 7. The molecule has 0 saturated heterocycles. The highest BCUT2D eigenvalue weighted by molar-refractivity contribution is 6.24. The first kappa shape index (κ1) is 47.4. The van der Waals surface area contributed by atoms with Crippen molar-refractivity contribution in [3.63, 3.8) is 0 Å². The van der Waals surface area contributed by atoms with Crippen LogP contribution in [0.25, 0.3) is 10.8 Å². The minimum absolute atomic E-state index is 0.00677. The number of aliphatic hydroxyl groups is 2. The molecule has 3 aromatic carbocycles. The van der Waals surface area contributed by atoms with E-state index in [4.69, 9.17) is 23.7 Å². The van der Waals surface area contributed by atoms with Crippen LogP contribution in [0.1, 0.15) is 64.4 Å². The third-order valence-corrected chi connectivity index (χ3v) is 11.5. The maximum absolute atomic E-state index is 14.4. The van der Waals surface area contributed by atoms with Gasteiger partial charge in [-0.2, -0.15) is 0 Å². The highest BCUT2D eigenvalue weighted by atomic mass is 16.7. The number of phenols is 3. The van der Waals surface area contributed by atoms with Crippen LogP contribution in [-0.4, -0.2) is 91.5 Å². The van der Waals surface area contributed by atoms with Gasteiger partial charge < -0.3 is 54.5 Å². The van der Waals surface area contributed by atoms with Gasteiger partial charge in [-0.05, 0) is 32.1 Å². The zero-order valence-corrected chi connectivity index (χ0v) is 36.0. The molecule has 3 heterocycles. The topological polar surface area (TPSA) is 283 Å². The Morgan fingerprint density at radius 2 is 1.57 bits per heavy atom. The van der Waals surface area contributed by atoms with Crippen molar-refractivity contribution in [2.24, 2.45) is 23.7 Å². The lowest BCUT2D eigenvalue weighted by Gasteiger charge is -2.38. The molecule has 3 aromatic rings. The summed E-state index contributed by atoms with van der Waals surface area (Å²) in [7, 11) is 1.38. The Labute approximate surface area is 361 Å². The summed E-state index contributed by atoms with van der Waals surface area (Å²) < 4.78 is 28.6. The number of benzene rings is 3. The van der Waals surface area contributed by atoms with Crippen LogP contribution >= 0.6 is 0 Å². The first-order chi connectivity index (χ1) is 29.5. The summed E-state index contributed by atoms with van der Waals surface area (Å²) >= 11 is 0. The number of phenolic OH excluding ortho intramolecular Hbond substituents is 3. The van der Waals surface area contributed by atoms with Crippen molar-refractivity contribution in [1.82, 2.24) is 0 Å². The molecule has 0 radical (unpaired) electrons. The van der Waals surface area contributed by atoms with Gasteiger partial charge in [-0.1, -0.05) is 45.9 Å². The number of nitrogens with one attached hydrogen (secondary N) is 2. The van der Waals surface area contributed by atoms with E-state index in [1.807, 2.05) is 0 Å². The molecule has 0 spiro atoms. The van der Waals surface area contributed by atoms with E-state index in [1.165, 1.54) is 53.0 Å². The number of carbonyl (C=O) groups excluding carboxylic acids is 4. The average molecular weight is 878 g/mol. The molecule has 0 unspecified atom stereocenters. The highest BCUT2D eigenvalue weighted by Gasteiger charge is 2.50. The molecule has 5 bridgehead atoms. The SMILES string of the molecule is CO[C@H]1/C=C/O[C@@]2(C)Oc3c(C)c(O)c4c(O)c(c(NC(=O)Oc5ccc([N+](=O)[O-])cc5)c(O)c4c3C2=O)NC(=O)/C(C)=C\C=C\[C@H](C)[C@H](O)[C@@H](C)[C@@H](O)[C@@H](C)[C@H](OC(C)=O)[C@@H]1C. The number of nitro benzene ring substituents is 1. The largest absolute Gasteiger partial charge is 0.507 e. The Balaban J connectivity index is 1.70. The fourth-order valence-electron chi connectivity index (χ4n) is 7.72. The summed E-state index contributed by atoms with van der Waals surface area (Å²) in [6, 6.07) is 4.40. The van der Waals surface area contributed by atoms with Crippen molar-refractivity contribution in [2.45, 2.75) is 85.6 Å². The number of aliphatic hydroxyl groups excluding tert-OH is 2. The highest BCUT2D eigenvalue weighted by Crippen LogP contribution is 2.57. The predicted molar refractivity (Wildman–Crippen MR) is 227 cm³/mol. The monoisotopic (exact) mass is 877 g/mol. The number of methoxy groups -OCH3 is 1. The number of hydrogen-bond acceptors (Lipinski definition) is 16. The van der Waals surface area contributed by atoms with Crippen molar-refractivity contribution in [1.29, 1.82) is 0 Å². The molecule has 63 heavy (non-hydrogen) atoms. The molecule has 3 aliphatic heterocycles. The predicted octanol–water partition coefficient (Wildman–Crippen LogP) is 6.27. The van der Waals surface area contributed by atoms with Gasteiger partial charge in [0.15, 0.2) is 5.75 Å². The van der Waals surface area contributed by atoms with Crippen LogP contribution in [0.3, 0.4) is 0 Å². The van der Waals surface area contributed by atoms with Crippen LogP contribution in [0, 0.1) is 40.7 Å². The summed E-state index contributed by atoms with van der Waals surface area (Å²) in [6.07, 6.45) is 1.49. The lowest BCUT2D eigenvalue weighted by molar-refractivity contribution is -0.384. The number of anilines is 2. The van der Waals surface area contributed by atoms with E-state index in [0.717, 1.165) is 30.5 Å². The van der Waals surface area contributed by atoms with Gasteiger partial charge in [0.1, 0.15) is 40.5 Å². The molecule has 19 heteroatoms. The Bertz CT molecular complexity index is 2410. The third-order valence-electron chi connectivity index (χ3n) is 11.5. The number of Topliss-reactive ketones (excluding diaryl/α,β-unsaturated/α-hetero) is 1. The molecular weight excluding hydrogens is 826 g/mol. The van der Waals surface area contributed by atoms with Crippen LogP contribution < -0.4 is 20.1 Å². The standard InChI is InChI=1S/C44H51N3O16/c1-19-11-10-12-20(2)42(55)45-32-33(46-43(56)62-27-15-13-26(14-16-27)47(57)58)37(52)29-30(38(32)53)36(51)24(6)40-31(29)41(54)44(8,63-40)60-18-17-28(59-9)21(3)39(61-25(7)48)23(5)35(50)22(4)34(19)49/h10-19,21-23,28,34-35,39,49-53H,1-9H3,(H,45,55)(H,46,56)/b11-10+,18-17+,20-12-/t19-,21+,22+,23+,28-,34-,35+,39+,44-/m0/s1. The number of allylic oxidation sites excluding steroid dienone is 2. The van der Waals surface area contributed by atoms with Gasteiger partial charge in [-0.25, -0.2) is 4.79 Å². The second-order valence-corrected chi connectivity index (χ2v) is 15.8. The molecule has 0 fully saturated rings. The number of nitrogens with zero attached hydrogens (tertiary/aromatic N) is 1. The number of carbonyl (C=O) groups is 4. The van der Waals surface area contributed by atoms with Gasteiger partial charge in [-0.3, -0.25) is 29.8 Å². The summed E-state index contributed by atoms with van der Waals surface area (Å²) in [4.78, 5) is 64.3. The van der Waals surface area contributed by atoms with Crippen molar-refractivity contribution in [3.05, 3.63) is 81.6 Å². The molecule has 9 atom stereocenters. The number of ketones is 1. The number of fused-ring (bicyclic) bond motifs is 14. The fourth-order valence-corrected chi connectivity index (χ4v) is 7.72. The van der Waals surface area contributed by atoms with Crippen molar-refractivity contribution in [3.8, 4) is 28.7 Å². The van der Waals surface area contributed by atoms with E-state index in [-0.39, 0.29) is 33.9 Å². The number of amides is 2. The van der Waals surface area contributed by atoms with Gasteiger partial charge in [-0.15, -0.1) is 0 Å². The Morgan fingerprint density at radius 3 is 2.17 bits per heavy atom. The maximum atomic E-state index is 14.4. The van der Waals surface area contributed by atoms with E-state index >= 15 is 0 Å². The number of nitro groups is 1. The van der Waals surface area contributed by atoms with Crippen LogP contribution in [0.2, 0.25) is 0 Å². The summed E-state index contributed by atoms with van der Waals surface area (Å²) in [5.41, 5.74) is -2.08. The minimum Gasteiger partial charge on any atom is -0.507 e. The summed E-state index contributed by atoms with van der Waals surface area (Å²) in [5.74, 6) is -10.3. The van der Waals surface area contributed by atoms with E-state index < -0.39 is 122 Å². The fraction of sp³-hybridized carbons (Fsp3) is 0.409. The summed E-state index contributed by atoms with van der Waals surface area (Å²) in [5, 5.41) is 73.0. The molecule has 19 nitrogen and oxygen atoms in total. The second-order valence-electron chi connectivity index (χ2n) is 15.8. The van der Waals surface area contributed by atoms with Gasteiger partial charge in [0.2, 0.25) is 0 Å². The quantitative estimate of drug-likeness (QED) is 0.0489. The molecular formula is C44H51N3O16. The first-order valence-corrected chi connectivity index (χ1v) is 19.9. The number of non-ortho nitro benzene ring substituents is 1. The van der Waals surface area contributed by atoms with Crippen LogP contribution in [-0.2, 0) is 23.8 Å². The summed E-state index contributed by atoms with van der Waals surface area (Å²) in [6.45, 7) is 11.9. The lowest BCUT2D eigenvalue weighted by atomic mass is 9.78. The minimum atomic E-state index is -2.19. The number of aromatic hydroxyl groups is 3. The molecule has 0 saturated carbocycles. The van der Waals surface area contributed by atoms with E-state index in [9.17, 15) is 54.8 Å². The van der Waals surface area contributed by atoms with Crippen LogP contribution in [0.5, 0.6) is 28.7 Å². The van der Waals surface area contributed by atoms with E-state index in [2.05, 4.69) is 10.6 Å². The second kappa shape index (κ2) is 18.7. The maximum Gasteiger partial charge on any atom is 0.417 e. The van der Waals surface area contributed by atoms with Gasteiger partial charge in [0.25, 0.3) is 17.4 Å². The first-order valence-electron chi connectivity index (χ1n) is 19.9. The van der Waals surface area contributed by atoms with Gasteiger partial charge >= 0.3 is 17.8 Å². The smallest absolute Gasteiger partial charge is 0.417 e. The molecule has 338 valence electrons. The Kier molecular flexibility index (Phi) is 14.1. The van der Waals surface area contributed by atoms with Crippen LogP contribution in [0.15, 0.2) is 60.4 Å². The Hall–Kier alpha value is -6.70. The molecule has 0 aromatic heterocycles. The van der Waals surface area contributed by atoms with Gasteiger partial charge in [0, 0.05) is 73.3 Å². The van der Waals surface area contributed by atoms with Crippen molar-refractivity contribution in [2.75, 3.05) is 17.7 Å². The number of ether oxygens (including phenoxy) is 5.